The minimum atomic E-state index is -1.42. The highest BCUT2D eigenvalue weighted by Gasteiger charge is 2.39. The number of aromatic nitrogens is 5. The molecule has 14 nitrogen and oxygen atoms in total. The average molecular weight is 684 g/mol. The number of benzene rings is 1. The first-order valence-corrected chi connectivity index (χ1v) is 16.4. The van der Waals surface area contributed by atoms with Crippen molar-refractivity contribution < 1.29 is 27.5 Å². The van der Waals surface area contributed by atoms with E-state index in [-0.39, 0.29) is 29.7 Å². The van der Waals surface area contributed by atoms with Gasteiger partial charge in [-0.15, -0.1) is 5.10 Å². The lowest BCUT2D eigenvalue weighted by atomic mass is 10.2. The van der Waals surface area contributed by atoms with Crippen LogP contribution in [0.25, 0.3) is 27.6 Å². The first kappa shape index (κ1) is 31.8. The number of carbonyl (C=O) groups is 1. The maximum absolute atomic E-state index is 15.3. The SMILES string of the molecule is CC(C)(C)OC(=O)N1C[C@@H](F)[C@H](Oc2ccc(N3CCN(CCn4c(=O)sc5c4nc(N)n4nc(-c6ccco6)nc54)CC3)c(F)c2)C1. The largest absolute Gasteiger partial charge is 0.485 e. The molecule has 7 rings (SSSR count). The third kappa shape index (κ3) is 6.26. The Hall–Kier alpha value is -4.77. The van der Waals surface area contributed by atoms with E-state index < -0.39 is 29.8 Å². The summed E-state index contributed by atoms with van der Waals surface area (Å²) in [5.41, 5.74) is 6.81. The Labute approximate surface area is 277 Å². The minimum Gasteiger partial charge on any atom is -0.485 e. The van der Waals surface area contributed by atoms with Gasteiger partial charge < -0.3 is 29.4 Å². The molecule has 2 aliphatic rings. The summed E-state index contributed by atoms with van der Waals surface area (Å²) in [6.45, 7) is 8.50. The lowest BCUT2D eigenvalue weighted by Gasteiger charge is -2.36. The Morgan fingerprint density at radius 3 is 2.60 bits per heavy atom. The zero-order valence-corrected chi connectivity index (χ0v) is 27.5. The van der Waals surface area contributed by atoms with E-state index in [0.29, 0.717) is 72.5 Å². The Morgan fingerprint density at radius 1 is 1.10 bits per heavy atom. The molecular weight excluding hydrogens is 648 g/mol. The van der Waals surface area contributed by atoms with Crippen molar-refractivity contribution in [1.29, 1.82) is 0 Å². The number of halogens is 2. The number of rotatable bonds is 7. The van der Waals surface area contributed by atoms with Crippen LogP contribution in [-0.2, 0) is 11.3 Å². The van der Waals surface area contributed by atoms with Crippen LogP contribution in [0, 0.1) is 5.82 Å². The number of amides is 1. The van der Waals surface area contributed by atoms with Gasteiger partial charge in [-0.2, -0.15) is 9.50 Å². The number of thiazole rings is 1. The Bertz CT molecular complexity index is 2010. The maximum atomic E-state index is 15.3. The van der Waals surface area contributed by atoms with Crippen molar-refractivity contribution >= 4 is 45.1 Å². The maximum Gasteiger partial charge on any atom is 0.410 e. The third-order valence-corrected chi connectivity index (χ3v) is 9.23. The van der Waals surface area contributed by atoms with Gasteiger partial charge in [0, 0.05) is 45.3 Å². The summed E-state index contributed by atoms with van der Waals surface area (Å²) in [4.78, 5) is 39.6. The van der Waals surface area contributed by atoms with Gasteiger partial charge in [-0.1, -0.05) is 11.3 Å². The highest BCUT2D eigenvalue weighted by molar-refractivity contribution is 7.17. The van der Waals surface area contributed by atoms with E-state index in [0.717, 1.165) is 11.3 Å². The van der Waals surface area contributed by atoms with E-state index in [9.17, 15) is 14.0 Å². The number of carbonyl (C=O) groups excluding carboxylic acids is 1. The first-order chi connectivity index (χ1) is 22.9. The second-order valence-corrected chi connectivity index (χ2v) is 13.8. The van der Waals surface area contributed by atoms with Gasteiger partial charge >= 0.3 is 11.0 Å². The highest BCUT2D eigenvalue weighted by Crippen LogP contribution is 2.29. The molecule has 2 saturated heterocycles. The van der Waals surface area contributed by atoms with Gasteiger partial charge in [-0.25, -0.2) is 18.6 Å². The minimum absolute atomic E-state index is 0.00970. The van der Waals surface area contributed by atoms with Crippen LogP contribution in [0.15, 0.2) is 45.8 Å². The molecule has 0 unspecified atom stereocenters. The van der Waals surface area contributed by atoms with Crippen molar-refractivity contribution in [2.24, 2.45) is 0 Å². The number of hydrogen-bond donors (Lipinski definition) is 1. The molecule has 4 aromatic heterocycles. The first-order valence-electron chi connectivity index (χ1n) is 15.6. The van der Waals surface area contributed by atoms with E-state index in [1.807, 2.05) is 4.90 Å². The van der Waals surface area contributed by atoms with Gasteiger partial charge in [0.05, 0.1) is 25.0 Å². The number of alkyl halides is 1. The van der Waals surface area contributed by atoms with Crippen molar-refractivity contribution in [3.05, 3.63) is 52.1 Å². The monoisotopic (exact) mass is 683 g/mol. The number of nitrogens with zero attached hydrogens (tertiary/aromatic N) is 8. The number of ether oxygens (including phenoxy) is 2. The number of piperazine rings is 1. The number of fused-ring (bicyclic) bond motifs is 3. The van der Waals surface area contributed by atoms with Gasteiger partial charge in [0.25, 0.3) is 0 Å². The molecule has 2 aliphatic heterocycles. The Balaban J connectivity index is 0.957. The molecule has 1 amide bonds. The van der Waals surface area contributed by atoms with Crippen LogP contribution in [0.3, 0.4) is 0 Å². The number of hydrogen-bond acceptors (Lipinski definition) is 12. The number of nitrogen functional groups attached to an aromatic ring is 1. The molecule has 17 heteroatoms. The smallest absolute Gasteiger partial charge is 0.410 e. The molecule has 2 N–H and O–H groups in total. The molecule has 0 radical (unpaired) electrons. The summed E-state index contributed by atoms with van der Waals surface area (Å²) in [5.74, 6) is 0.648. The van der Waals surface area contributed by atoms with E-state index in [4.69, 9.17) is 19.6 Å². The quantitative estimate of drug-likeness (QED) is 0.268. The van der Waals surface area contributed by atoms with Crippen molar-refractivity contribution in [1.82, 2.24) is 33.9 Å². The molecule has 254 valence electrons. The van der Waals surface area contributed by atoms with Crippen molar-refractivity contribution in [2.45, 2.75) is 45.2 Å². The molecule has 48 heavy (non-hydrogen) atoms. The summed E-state index contributed by atoms with van der Waals surface area (Å²) in [6, 6.07) is 7.97. The summed E-state index contributed by atoms with van der Waals surface area (Å²) < 4.78 is 50.0. The molecule has 0 aliphatic carbocycles. The number of furan rings is 1. The van der Waals surface area contributed by atoms with Crippen molar-refractivity contribution in [3.8, 4) is 17.3 Å². The summed E-state index contributed by atoms with van der Waals surface area (Å²) >= 11 is 1.04. The van der Waals surface area contributed by atoms with Crippen LogP contribution in [0.4, 0.5) is 25.2 Å². The van der Waals surface area contributed by atoms with Crippen molar-refractivity contribution in [3.63, 3.8) is 0 Å². The zero-order chi connectivity index (χ0) is 33.7. The van der Waals surface area contributed by atoms with E-state index >= 15 is 4.39 Å². The van der Waals surface area contributed by atoms with Crippen LogP contribution < -0.4 is 20.2 Å². The number of anilines is 2. The molecule has 0 spiro atoms. The molecular formula is C31H35F2N9O5S. The molecule has 0 saturated carbocycles. The van der Waals surface area contributed by atoms with Gasteiger partial charge in [0.15, 0.2) is 23.2 Å². The van der Waals surface area contributed by atoms with Gasteiger partial charge in [-0.3, -0.25) is 14.3 Å². The number of likely N-dealkylation sites (tertiary alicyclic amines) is 1. The predicted octanol–water partition coefficient (Wildman–Crippen LogP) is 3.64. The summed E-state index contributed by atoms with van der Waals surface area (Å²) in [7, 11) is 0. The van der Waals surface area contributed by atoms with E-state index in [2.05, 4.69) is 20.0 Å². The van der Waals surface area contributed by atoms with Gasteiger partial charge in [-0.05, 0) is 45.0 Å². The van der Waals surface area contributed by atoms with E-state index in [1.54, 1.807) is 49.6 Å². The highest BCUT2D eigenvalue weighted by atomic mass is 32.1. The Morgan fingerprint density at radius 2 is 1.90 bits per heavy atom. The lowest BCUT2D eigenvalue weighted by Crippen LogP contribution is -2.47. The second kappa shape index (κ2) is 12.4. The molecule has 1 aromatic carbocycles. The standard InChI is InChI=1S/C31H35F2N9O5S/c1-31(2,3)47-29(43)40-16-20(33)23(17-40)46-18-6-7-21(19(32)15-18)39-11-8-38(9-12-39)10-13-41-26-24(48-30(41)44)27-35-25(22-5-4-14-45-22)37-42(27)28(34)36-26/h4-7,14-15,20,23H,8-13,16-17H2,1-3H3,(H2,34,36)/t20-,23-/m1/s1. The Kier molecular flexibility index (Phi) is 8.19. The fraction of sp³-hybridized carbons (Fsp3) is 0.452. The lowest BCUT2D eigenvalue weighted by molar-refractivity contribution is 0.0273. The fourth-order valence-corrected chi connectivity index (χ4v) is 6.84. The molecule has 0 bridgehead atoms. The van der Waals surface area contributed by atoms with Gasteiger partial charge in [0.1, 0.15) is 28.0 Å². The second-order valence-electron chi connectivity index (χ2n) is 12.8. The summed E-state index contributed by atoms with van der Waals surface area (Å²) in [5, 5.41) is 4.39. The molecule has 2 atom stereocenters. The average Bonchev–Trinajstić information content (AvgIpc) is 3.83. The predicted molar refractivity (Wildman–Crippen MR) is 175 cm³/mol. The van der Waals surface area contributed by atoms with Crippen LogP contribution in [0.1, 0.15) is 20.8 Å². The number of nitrogens with two attached hydrogens (primary N) is 1. The van der Waals surface area contributed by atoms with Crippen LogP contribution in [0.5, 0.6) is 5.75 Å². The van der Waals surface area contributed by atoms with Crippen LogP contribution in [-0.4, -0.2) is 104 Å². The van der Waals surface area contributed by atoms with Crippen LogP contribution >= 0.6 is 11.3 Å². The van der Waals surface area contributed by atoms with E-state index in [1.165, 1.54) is 21.7 Å². The topological polar surface area (TPSA) is 149 Å². The third-order valence-electron chi connectivity index (χ3n) is 8.27. The fourth-order valence-electron chi connectivity index (χ4n) is 5.90. The molecule has 5 aromatic rings. The molecule has 2 fully saturated rings. The van der Waals surface area contributed by atoms with Crippen molar-refractivity contribution in [2.75, 3.05) is 56.4 Å². The zero-order valence-electron chi connectivity index (χ0n) is 26.6. The van der Waals surface area contributed by atoms with Crippen LogP contribution in [0.2, 0.25) is 0 Å². The molecule has 6 heterocycles. The van der Waals surface area contributed by atoms with Gasteiger partial charge in [0.2, 0.25) is 11.8 Å². The normalized spacial score (nSPS) is 19.1. The summed E-state index contributed by atoms with van der Waals surface area (Å²) in [6.07, 6.45) is -1.43.